The highest BCUT2D eigenvalue weighted by molar-refractivity contribution is 5.84. The Bertz CT molecular complexity index is 2480. The van der Waals surface area contributed by atoms with Crippen LogP contribution in [-0.2, 0) is 0 Å². The molecule has 6 nitrogen and oxygen atoms in total. The molecule has 0 aliphatic heterocycles. The highest BCUT2D eigenvalue weighted by atomic mass is 15.1. The Morgan fingerprint density at radius 3 is 1.86 bits per heavy atom. The minimum Gasteiger partial charge on any atom is -0.397 e. The molecule has 2 aromatic heterocycles. The van der Waals surface area contributed by atoms with E-state index in [0.29, 0.717) is 5.92 Å². The summed E-state index contributed by atoms with van der Waals surface area (Å²) in [6.07, 6.45) is 4.37. The van der Waals surface area contributed by atoms with Crippen molar-refractivity contribution in [2.24, 2.45) is 0 Å². The summed E-state index contributed by atoms with van der Waals surface area (Å²) in [5.74, 6) is 2.19. The summed E-state index contributed by atoms with van der Waals surface area (Å²) in [5, 5.41) is 3.25. The van der Waals surface area contributed by atoms with Crippen LogP contribution >= 0.6 is 0 Å². The zero-order valence-corrected chi connectivity index (χ0v) is 28.6. The van der Waals surface area contributed by atoms with Crippen molar-refractivity contribution in [3.8, 4) is 34.2 Å². The molecule has 248 valence electrons. The molecule has 0 saturated carbocycles. The molecule has 0 spiro atoms. The molecule has 0 radical (unpaired) electrons. The quantitative estimate of drug-likeness (QED) is 0.174. The van der Waals surface area contributed by atoms with E-state index in [0.717, 1.165) is 67.9 Å². The van der Waals surface area contributed by atoms with Crippen molar-refractivity contribution < 1.29 is 0 Å². The molecule has 0 fully saturated rings. The van der Waals surface area contributed by atoms with Gasteiger partial charge >= 0.3 is 0 Å². The molecule has 1 aliphatic carbocycles. The normalized spacial score (nSPS) is 13.1. The van der Waals surface area contributed by atoms with Crippen LogP contribution in [0.15, 0.2) is 164 Å². The molecule has 0 saturated heterocycles. The first-order chi connectivity index (χ1) is 25.0. The summed E-state index contributed by atoms with van der Waals surface area (Å²) in [6, 6.07) is 53.7. The molecular weight excluding hydrogens is 625 g/mol. The number of aromatic nitrogens is 4. The van der Waals surface area contributed by atoms with Crippen molar-refractivity contribution in [1.82, 2.24) is 19.1 Å². The van der Waals surface area contributed by atoms with E-state index in [2.05, 4.69) is 131 Å². The number of benzene rings is 6. The standard InChI is InChI=1S/C33H26N4.C12H12N2/c1-22-19-24(32-34-28-15-9-10-16-30(28)36(32)26-11-5-3-6-12-26)21-25(20-22)33-35-29-18-17-23(2)31(29)37(33)27-13-7-4-8-14-27;13-11-8-4-5-9-12(11)14-10-6-2-1-3-7-10/h3-21,23H,1-2H3;1-9,14H,13H2/t23-;/m1./s1. The molecule has 3 N–H and O–H groups in total. The van der Waals surface area contributed by atoms with Crippen molar-refractivity contribution in [2.75, 3.05) is 11.1 Å². The second kappa shape index (κ2) is 13.7. The van der Waals surface area contributed by atoms with Crippen molar-refractivity contribution in [1.29, 1.82) is 0 Å². The maximum Gasteiger partial charge on any atom is 0.145 e. The highest BCUT2D eigenvalue weighted by Crippen LogP contribution is 2.38. The summed E-state index contributed by atoms with van der Waals surface area (Å²) < 4.78 is 4.57. The van der Waals surface area contributed by atoms with E-state index < -0.39 is 0 Å². The number of nitrogens with one attached hydrogen (secondary N) is 1. The highest BCUT2D eigenvalue weighted by Gasteiger charge is 2.26. The number of para-hydroxylation sites is 7. The predicted octanol–water partition coefficient (Wildman–Crippen LogP) is 11.0. The van der Waals surface area contributed by atoms with E-state index in [1.807, 2.05) is 66.7 Å². The van der Waals surface area contributed by atoms with Gasteiger partial charge in [0.25, 0.3) is 0 Å². The number of allylic oxidation sites excluding steroid dienone is 1. The number of fused-ring (bicyclic) bond motifs is 2. The molecule has 51 heavy (non-hydrogen) atoms. The lowest BCUT2D eigenvalue weighted by atomic mass is 10.0. The lowest BCUT2D eigenvalue weighted by Crippen LogP contribution is -2.04. The Kier molecular flexibility index (Phi) is 8.48. The van der Waals surface area contributed by atoms with Gasteiger partial charge < -0.3 is 11.1 Å². The Labute approximate surface area is 298 Å². The average Bonchev–Trinajstić information content (AvgIpc) is 3.86. The van der Waals surface area contributed by atoms with E-state index >= 15 is 0 Å². The molecule has 8 aromatic rings. The van der Waals surface area contributed by atoms with Gasteiger partial charge in [-0.25, -0.2) is 9.97 Å². The van der Waals surface area contributed by atoms with E-state index in [4.69, 9.17) is 15.7 Å². The second-order valence-corrected chi connectivity index (χ2v) is 12.8. The number of nitrogens with two attached hydrogens (primary N) is 1. The Morgan fingerprint density at radius 2 is 1.18 bits per heavy atom. The largest absolute Gasteiger partial charge is 0.397 e. The van der Waals surface area contributed by atoms with Gasteiger partial charge in [-0.1, -0.05) is 91.9 Å². The SMILES string of the molecule is Cc1cc(-c2nc3c(n2-c2ccccc2)[C@H](C)C=C3)cc(-c2nc3ccccc3n2-c2ccccc2)c1.Nc1ccccc1Nc1ccccc1. The van der Waals surface area contributed by atoms with Crippen LogP contribution in [0.4, 0.5) is 17.1 Å². The van der Waals surface area contributed by atoms with E-state index in [1.54, 1.807) is 0 Å². The molecule has 6 aromatic carbocycles. The van der Waals surface area contributed by atoms with Gasteiger partial charge in [-0.2, -0.15) is 0 Å². The number of rotatable bonds is 6. The predicted molar refractivity (Wildman–Crippen MR) is 212 cm³/mol. The molecule has 0 amide bonds. The molecule has 2 heterocycles. The maximum absolute atomic E-state index is 5.81. The molecule has 1 aliphatic rings. The first kappa shape index (κ1) is 31.6. The molecule has 6 heteroatoms. The minimum atomic E-state index is 0.308. The molecule has 0 unspecified atom stereocenters. The Hall–Kier alpha value is -6.66. The third-order valence-corrected chi connectivity index (χ3v) is 9.11. The van der Waals surface area contributed by atoms with Gasteiger partial charge in [-0.15, -0.1) is 0 Å². The van der Waals surface area contributed by atoms with Crippen molar-refractivity contribution in [3.05, 3.63) is 181 Å². The second-order valence-electron chi connectivity index (χ2n) is 12.8. The lowest BCUT2D eigenvalue weighted by molar-refractivity contribution is 0.869. The van der Waals surface area contributed by atoms with Crippen LogP contribution in [0.3, 0.4) is 0 Å². The fraction of sp³-hybridized carbons (Fsp3) is 0.0667. The Morgan fingerprint density at radius 1 is 0.608 bits per heavy atom. The third kappa shape index (κ3) is 6.31. The van der Waals surface area contributed by atoms with Crippen LogP contribution in [0.2, 0.25) is 0 Å². The Balaban J connectivity index is 0.000000224. The molecule has 9 rings (SSSR count). The fourth-order valence-corrected chi connectivity index (χ4v) is 6.76. The van der Waals surface area contributed by atoms with Gasteiger partial charge in [-0.05, 0) is 97.4 Å². The molecular formula is C45H38N6. The van der Waals surface area contributed by atoms with E-state index in [9.17, 15) is 0 Å². The van der Waals surface area contributed by atoms with Crippen LogP contribution < -0.4 is 11.1 Å². The summed E-state index contributed by atoms with van der Waals surface area (Å²) in [6.45, 7) is 4.38. The van der Waals surface area contributed by atoms with Gasteiger partial charge in [0.2, 0.25) is 0 Å². The van der Waals surface area contributed by atoms with Crippen LogP contribution in [0.25, 0.3) is 51.3 Å². The van der Waals surface area contributed by atoms with E-state index in [-0.39, 0.29) is 0 Å². The average molecular weight is 663 g/mol. The summed E-state index contributed by atoms with van der Waals surface area (Å²) in [7, 11) is 0. The van der Waals surface area contributed by atoms with Crippen molar-refractivity contribution in [3.63, 3.8) is 0 Å². The number of hydrogen-bond donors (Lipinski definition) is 2. The van der Waals surface area contributed by atoms with Gasteiger partial charge in [0, 0.05) is 34.1 Å². The minimum absolute atomic E-state index is 0.308. The first-order valence-corrected chi connectivity index (χ1v) is 17.2. The number of imidazole rings is 2. The van der Waals surface area contributed by atoms with Crippen molar-refractivity contribution in [2.45, 2.75) is 19.8 Å². The lowest BCUT2D eigenvalue weighted by Gasteiger charge is -2.15. The van der Waals surface area contributed by atoms with Crippen LogP contribution in [0.5, 0.6) is 0 Å². The number of nitrogens with zero attached hydrogens (tertiary/aromatic N) is 4. The smallest absolute Gasteiger partial charge is 0.145 e. The van der Waals surface area contributed by atoms with Crippen LogP contribution in [-0.4, -0.2) is 19.1 Å². The van der Waals surface area contributed by atoms with Crippen molar-refractivity contribution >= 4 is 34.2 Å². The molecule has 1 atom stereocenters. The number of hydrogen-bond acceptors (Lipinski definition) is 4. The van der Waals surface area contributed by atoms with Crippen LogP contribution in [0, 0.1) is 6.92 Å². The zero-order valence-electron chi connectivity index (χ0n) is 28.6. The third-order valence-electron chi connectivity index (χ3n) is 9.11. The zero-order chi connectivity index (χ0) is 34.7. The summed E-state index contributed by atoms with van der Waals surface area (Å²) in [4.78, 5) is 10.2. The fourth-order valence-electron chi connectivity index (χ4n) is 6.76. The maximum atomic E-state index is 5.81. The topological polar surface area (TPSA) is 73.7 Å². The van der Waals surface area contributed by atoms with Gasteiger partial charge in [-0.3, -0.25) is 9.13 Å². The number of anilines is 3. The number of aryl methyl sites for hydroxylation is 1. The van der Waals surface area contributed by atoms with Gasteiger partial charge in [0.1, 0.15) is 11.6 Å². The van der Waals surface area contributed by atoms with Crippen LogP contribution in [0.1, 0.15) is 29.8 Å². The monoisotopic (exact) mass is 662 g/mol. The first-order valence-electron chi connectivity index (χ1n) is 17.2. The van der Waals surface area contributed by atoms with Gasteiger partial charge in [0.05, 0.1) is 33.8 Å². The summed E-state index contributed by atoms with van der Waals surface area (Å²) >= 11 is 0. The van der Waals surface area contributed by atoms with E-state index in [1.165, 1.54) is 11.3 Å². The number of nitrogen functional groups attached to an aromatic ring is 1. The van der Waals surface area contributed by atoms with Gasteiger partial charge in [0.15, 0.2) is 0 Å². The summed E-state index contributed by atoms with van der Waals surface area (Å²) in [5.41, 5.74) is 18.5. The molecule has 0 bridgehead atoms.